The van der Waals surface area contributed by atoms with Crippen LogP contribution in [0.15, 0.2) is 76.7 Å². The highest BCUT2D eigenvalue weighted by atomic mass is 32.1. The molecule has 14 heteroatoms. The Morgan fingerprint density at radius 1 is 0.977 bits per heavy atom. The van der Waals surface area contributed by atoms with Gasteiger partial charge in [0.1, 0.15) is 22.8 Å². The van der Waals surface area contributed by atoms with E-state index in [1.54, 1.807) is 43.3 Å². The van der Waals surface area contributed by atoms with E-state index in [1.807, 2.05) is 0 Å². The van der Waals surface area contributed by atoms with Crippen LogP contribution in [0, 0.1) is 11.6 Å². The maximum absolute atomic E-state index is 14.8. The highest BCUT2D eigenvalue weighted by molar-refractivity contribution is 7.20. The molecule has 0 aliphatic carbocycles. The first-order valence-corrected chi connectivity index (χ1v) is 14.0. The van der Waals surface area contributed by atoms with Gasteiger partial charge in [-0.1, -0.05) is 29.5 Å². The van der Waals surface area contributed by atoms with Crippen LogP contribution < -0.4 is 20.7 Å². The number of methoxy groups -OCH3 is 1. The number of thiophene rings is 1. The summed E-state index contributed by atoms with van der Waals surface area (Å²) < 4.78 is 43.8. The molecular weight excluding hydrogens is 594 g/mol. The van der Waals surface area contributed by atoms with Gasteiger partial charge in [0.2, 0.25) is 5.88 Å². The molecule has 0 fully saturated rings. The van der Waals surface area contributed by atoms with Crippen molar-refractivity contribution in [2.75, 3.05) is 21.2 Å². The van der Waals surface area contributed by atoms with Crippen molar-refractivity contribution in [3.63, 3.8) is 0 Å². The quantitative estimate of drug-likeness (QED) is 0.259. The molecule has 0 aliphatic heterocycles. The maximum atomic E-state index is 14.8. The second kappa shape index (κ2) is 11.5. The Bertz CT molecular complexity index is 2150. The van der Waals surface area contributed by atoms with Crippen LogP contribution in [0.3, 0.4) is 0 Å². The normalized spacial score (nSPS) is 11.5. The highest BCUT2D eigenvalue weighted by Crippen LogP contribution is 2.37. The molecule has 0 bridgehead atoms. The van der Waals surface area contributed by atoms with Crippen LogP contribution in [-0.2, 0) is 13.1 Å². The molecule has 0 saturated carbocycles. The average molecular weight is 619 g/mol. The Morgan fingerprint density at radius 2 is 1.73 bits per heavy atom. The molecule has 11 nitrogen and oxygen atoms in total. The van der Waals surface area contributed by atoms with Gasteiger partial charge < -0.3 is 14.4 Å². The Kier molecular flexibility index (Phi) is 7.53. The fourth-order valence-electron chi connectivity index (χ4n) is 4.86. The van der Waals surface area contributed by atoms with Crippen LogP contribution in [0.25, 0.3) is 26.9 Å². The second-order valence-electron chi connectivity index (χ2n) is 10.0. The van der Waals surface area contributed by atoms with Gasteiger partial charge in [-0.25, -0.2) is 37.5 Å². The molecular formula is C30H24F2N6O5S. The standard InChI is InChI=1S/C30H24F2N6O5S/c1-35(2)14-19-25-26(39)38(17-11-12-24(42-3)33-13-17)29(40)36(15-18-20(31)7-6-8-21(18)32)27(25)44-28(19)43-30(41)37-16-34-22-9-4-5-10-23(22)37/h4-13,16H,14-15H2,1-3H3. The Balaban J connectivity index is 1.61. The summed E-state index contributed by atoms with van der Waals surface area (Å²) in [6.07, 6.45) is 1.82. The van der Waals surface area contributed by atoms with Crippen molar-refractivity contribution in [1.29, 1.82) is 0 Å². The number of halogens is 2. The van der Waals surface area contributed by atoms with Crippen LogP contribution in [0.4, 0.5) is 13.6 Å². The Hall–Kier alpha value is -5.21. The minimum atomic E-state index is -0.867. The van der Waals surface area contributed by atoms with Gasteiger partial charge in [-0.05, 0) is 44.4 Å². The van der Waals surface area contributed by atoms with Gasteiger partial charge in [0.25, 0.3) is 5.56 Å². The summed E-state index contributed by atoms with van der Waals surface area (Å²) in [5.41, 5.74) is -0.453. The zero-order valence-corrected chi connectivity index (χ0v) is 24.5. The lowest BCUT2D eigenvalue weighted by atomic mass is 10.2. The average Bonchev–Trinajstić information content (AvgIpc) is 3.58. The number of imidazole rings is 1. The summed E-state index contributed by atoms with van der Waals surface area (Å²) in [6, 6.07) is 13.3. The van der Waals surface area contributed by atoms with E-state index in [9.17, 15) is 23.2 Å². The molecule has 0 unspecified atom stereocenters. The summed E-state index contributed by atoms with van der Waals surface area (Å²) in [4.78, 5) is 51.7. The molecule has 4 heterocycles. The van der Waals surface area contributed by atoms with E-state index < -0.39 is 35.5 Å². The summed E-state index contributed by atoms with van der Waals surface area (Å²) >= 11 is 0.858. The van der Waals surface area contributed by atoms with Crippen LogP contribution in [-0.4, -0.2) is 55.9 Å². The van der Waals surface area contributed by atoms with E-state index in [0.29, 0.717) is 16.6 Å². The lowest BCUT2D eigenvalue weighted by Gasteiger charge is -2.14. The molecule has 44 heavy (non-hydrogen) atoms. The molecule has 0 spiro atoms. The number of benzene rings is 2. The number of ether oxygens (including phenoxy) is 2. The largest absolute Gasteiger partial charge is 0.481 e. The van der Waals surface area contributed by atoms with Gasteiger partial charge in [0, 0.05) is 23.7 Å². The number of rotatable bonds is 7. The molecule has 2 aromatic carbocycles. The van der Waals surface area contributed by atoms with Crippen LogP contribution in [0.2, 0.25) is 0 Å². The number of carbonyl (C=O) groups excluding carboxylic acids is 1. The number of hydrogen-bond donors (Lipinski definition) is 0. The predicted molar refractivity (Wildman–Crippen MR) is 160 cm³/mol. The van der Waals surface area contributed by atoms with E-state index in [2.05, 4.69) is 9.97 Å². The summed E-state index contributed by atoms with van der Waals surface area (Å²) in [6.45, 7) is -0.408. The SMILES string of the molecule is COc1ccc(-n2c(=O)c3c(CN(C)C)c(OC(=O)n4cnc5ccccc54)sc3n(Cc3c(F)cccc3F)c2=O)cn1. The predicted octanol–water partition coefficient (Wildman–Crippen LogP) is 4.40. The number of hydrogen-bond acceptors (Lipinski definition) is 9. The zero-order chi connectivity index (χ0) is 31.1. The van der Waals surface area contributed by atoms with Crippen molar-refractivity contribution < 1.29 is 23.0 Å². The minimum absolute atomic E-state index is 0.0429. The van der Waals surface area contributed by atoms with E-state index in [4.69, 9.17) is 9.47 Å². The van der Waals surface area contributed by atoms with Crippen LogP contribution in [0.5, 0.6) is 10.9 Å². The maximum Gasteiger partial charge on any atom is 0.426 e. The van der Waals surface area contributed by atoms with Crippen LogP contribution >= 0.6 is 11.3 Å². The number of pyridine rings is 1. The third kappa shape index (κ3) is 5.03. The molecule has 0 aliphatic rings. The van der Waals surface area contributed by atoms with Gasteiger partial charge in [0.15, 0.2) is 5.06 Å². The zero-order valence-electron chi connectivity index (χ0n) is 23.7. The van der Waals surface area contributed by atoms with Gasteiger partial charge in [-0.3, -0.25) is 9.36 Å². The molecule has 0 N–H and O–H groups in total. The number of para-hydroxylation sites is 2. The molecule has 6 rings (SSSR count). The summed E-state index contributed by atoms with van der Waals surface area (Å²) in [7, 11) is 4.94. The molecule has 224 valence electrons. The topological polar surface area (TPSA) is 113 Å². The molecule has 4 aromatic heterocycles. The lowest BCUT2D eigenvalue weighted by Crippen LogP contribution is -2.39. The Labute approximate surface area is 251 Å². The number of aromatic nitrogens is 5. The summed E-state index contributed by atoms with van der Waals surface area (Å²) in [5, 5.41) is 0.0931. The van der Waals surface area contributed by atoms with E-state index in [1.165, 1.54) is 42.4 Å². The molecule has 0 saturated heterocycles. The fourth-order valence-corrected chi connectivity index (χ4v) is 6.00. The first kappa shape index (κ1) is 28.9. The molecule has 6 aromatic rings. The van der Waals surface area contributed by atoms with Gasteiger partial charge in [0.05, 0.1) is 42.0 Å². The number of nitrogens with zero attached hydrogens (tertiary/aromatic N) is 6. The van der Waals surface area contributed by atoms with Gasteiger partial charge >= 0.3 is 11.8 Å². The lowest BCUT2D eigenvalue weighted by molar-refractivity contribution is 0.204. The highest BCUT2D eigenvalue weighted by Gasteiger charge is 2.27. The molecule has 0 atom stereocenters. The van der Waals surface area contributed by atoms with E-state index >= 15 is 0 Å². The smallest absolute Gasteiger partial charge is 0.426 e. The first-order valence-electron chi connectivity index (χ1n) is 13.2. The third-order valence-corrected chi connectivity index (χ3v) is 8.04. The van der Waals surface area contributed by atoms with Crippen molar-refractivity contribution in [3.05, 3.63) is 111 Å². The van der Waals surface area contributed by atoms with E-state index in [-0.39, 0.29) is 39.0 Å². The third-order valence-electron chi connectivity index (χ3n) is 6.91. The van der Waals surface area contributed by atoms with Crippen molar-refractivity contribution in [2.24, 2.45) is 0 Å². The van der Waals surface area contributed by atoms with Crippen molar-refractivity contribution in [2.45, 2.75) is 13.1 Å². The van der Waals surface area contributed by atoms with Gasteiger partial charge in [-0.15, -0.1) is 0 Å². The van der Waals surface area contributed by atoms with Gasteiger partial charge in [-0.2, -0.15) is 0 Å². The number of carbonyl (C=O) groups is 1. The second-order valence-corrected chi connectivity index (χ2v) is 11.0. The molecule has 0 radical (unpaired) electrons. The number of fused-ring (bicyclic) bond motifs is 2. The first-order chi connectivity index (χ1) is 21.2. The molecule has 0 amide bonds. The van der Waals surface area contributed by atoms with Crippen molar-refractivity contribution >= 4 is 38.7 Å². The van der Waals surface area contributed by atoms with E-state index in [0.717, 1.165) is 32.6 Å². The van der Waals surface area contributed by atoms with Crippen molar-refractivity contribution in [3.8, 4) is 16.6 Å². The van der Waals surface area contributed by atoms with Crippen molar-refractivity contribution in [1.82, 2.24) is 28.6 Å². The monoisotopic (exact) mass is 618 g/mol. The minimum Gasteiger partial charge on any atom is -0.481 e. The van der Waals surface area contributed by atoms with Crippen LogP contribution in [0.1, 0.15) is 11.1 Å². The fraction of sp³-hybridized carbons (Fsp3) is 0.167. The Morgan fingerprint density at radius 3 is 2.41 bits per heavy atom. The summed E-state index contributed by atoms with van der Waals surface area (Å²) in [5.74, 6) is -1.48.